The summed E-state index contributed by atoms with van der Waals surface area (Å²) in [4.78, 5) is 24.9. The first-order valence-electron chi connectivity index (χ1n) is 8.11. The quantitative estimate of drug-likeness (QED) is 0.744. The third-order valence-electron chi connectivity index (χ3n) is 4.02. The van der Waals surface area contributed by atoms with Crippen molar-refractivity contribution in [2.75, 3.05) is 17.7 Å². The van der Waals surface area contributed by atoms with Crippen LogP contribution in [-0.2, 0) is 4.79 Å². The Morgan fingerprint density at radius 2 is 2.04 bits per heavy atom. The van der Waals surface area contributed by atoms with Gasteiger partial charge >= 0.3 is 0 Å². The zero-order valence-electron chi connectivity index (χ0n) is 13.7. The molecule has 1 aliphatic carbocycles. The molecule has 1 amide bonds. The van der Waals surface area contributed by atoms with Gasteiger partial charge in [0.15, 0.2) is 5.75 Å². The summed E-state index contributed by atoms with van der Waals surface area (Å²) in [6, 6.07) is 7.25. The van der Waals surface area contributed by atoms with Crippen molar-refractivity contribution >= 4 is 28.3 Å². The molecule has 4 rings (SSSR count). The van der Waals surface area contributed by atoms with Gasteiger partial charge in [0.05, 0.1) is 6.20 Å². The van der Waals surface area contributed by atoms with E-state index in [2.05, 4.69) is 25.6 Å². The van der Waals surface area contributed by atoms with Crippen LogP contribution in [0.3, 0.4) is 0 Å². The van der Waals surface area contributed by atoms with Gasteiger partial charge in [-0.1, -0.05) is 6.07 Å². The number of pyridine rings is 3. The third kappa shape index (κ3) is 3.21. The lowest BCUT2D eigenvalue weighted by Crippen LogP contribution is -2.14. The second-order valence-electron chi connectivity index (χ2n) is 5.87. The van der Waals surface area contributed by atoms with E-state index in [-0.39, 0.29) is 11.8 Å². The Labute approximate surface area is 144 Å². The molecule has 25 heavy (non-hydrogen) atoms. The number of fused-ring (bicyclic) bond motifs is 1. The molecule has 0 atom stereocenters. The number of anilines is 2. The molecule has 1 fully saturated rings. The van der Waals surface area contributed by atoms with E-state index in [9.17, 15) is 4.79 Å². The van der Waals surface area contributed by atoms with Crippen molar-refractivity contribution in [1.29, 1.82) is 0 Å². The molecule has 0 bridgehead atoms. The van der Waals surface area contributed by atoms with Crippen LogP contribution in [0.2, 0.25) is 0 Å². The average molecular weight is 335 g/mol. The standard InChI is InChI=1S/C18H17N5O2/c1-19-17-13-9-21-15(23-18(24)11-5-6-11)8-12(13)14(10-22-17)25-16-4-2-3-7-20-16/h2-4,7-11H,5-6H2,1H3,(H,19,22)(H,21,23,24). The molecule has 1 saturated carbocycles. The Morgan fingerprint density at radius 3 is 2.76 bits per heavy atom. The molecule has 7 heteroatoms. The van der Waals surface area contributed by atoms with Gasteiger partial charge in [0.25, 0.3) is 0 Å². The minimum absolute atomic E-state index is 0.0157. The van der Waals surface area contributed by atoms with Gasteiger partial charge < -0.3 is 15.4 Å². The summed E-state index contributed by atoms with van der Waals surface area (Å²) in [5.74, 6) is 2.36. The molecule has 0 aliphatic heterocycles. The van der Waals surface area contributed by atoms with Gasteiger partial charge in [-0.3, -0.25) is 4.79 Å². The second-order valence-corrected chi connectivity index (χ2v) is 5.87. The predicted octanol–water partition coefficient (Wildman–Crippen LogP) is 3.21. The van der Waals surface area contributed by atoms with Crippen LogP contribution in [0.1, 0.15) is 12.8 Å². The van der Waals surface area contributed by atoms with Crippen LogP contribution < -0.4 is 15.4 Å². The van der Waals surface area contributed by atoms with Crippen LogP contribution in [0.4, 0.5) is 11.6 Å². The van der Waals surface area contributed by atoms with E-state index < -0.39 is 0 Å². The Hall–Kier alpha value is -3.22. The van der Waals surface area contributed by atoms with Crippen molar-refractivity contribution in [1.82, 2.24) is 15.0 Å². The number of amides is 1. The lowest BCUT2D eigenvalue weighted by molar-refractivity contribution is -0.117. The van der Waals surface area contributed by atoms with E-state index in [1.54, 1.807) is 37.8 Å². The van der Waals surface area contributed by atoms with E-state index in [1.165, 1.54) is 0 Å². The van der Waals surface area contributed by atoms with Gasteiger partial charge in [-0.05, 0) is 25.0 Å². The van der Waals surface area contributed by atoms with E-state index >= 15 is 0 Å². The molecule has 1 aliphatic rings. The van der Waals surface area contributed by atoms with Crippen molar-refractivity contribution in [3.8, 4) is 11.6 Å². The molecule has 2 N–H and O–H groups in total. The highest BCUT2D eigenvalue weighted by Gasteiger charge is 2.29. The molecular weight excluding hydrogens is 318 g/mol. The summed E-state index contributed by atoms with van der Waals surface area (Å²) in [6.07, 6.45) is 6.87. The number of hydrogen-bond acceptors (Lipinski definition) is 6. The molecule has 0 aromatic carbocycles. The maximum Gasteiger partial charge on any atom is 0.228 e. The maximum atomic E-state index is 12.0. The minimum atomic E-state index is 0.0157. The Kier molecular flexibility index (Phi) is 3.89. The van der Waals surface area contributed by atoms with Crippen LogP contribution in [0.15, 0.2) is 42.9 Å². The summed E-state index contributed by atoms with van der Waals surface area (Å²) < 4.78 is 5.87. The lowest BCUT2D eigenvalue weighted by Gasteiger charge is -2.12. The molecular formula is C18H17N5O2. The molecule has 3 aromatic heterocycles. The minimum Gasteiger partial charge on any atom is -0.437 e. The molecule has 3 heterocycles. The first-order valence-corrected chi connectivity index (χ1v) is 8.11. The zero-order chi connectivity index (χ0) is 17.2. The fraction of sp³-hybridized carbons (Fsp3) is 0.222. The van der Waals surface area contributed by atoms with Crippen LogP contribution in [0.5, 0.6) is 11.6 Å². The van der Waals surface area contributed by atoms with Crippen LogP contribution >= 0.6 is 0 Å². The molecule has 126 valence electrons. The van der Waals surface area contributed by atoms with Crippen LogP contribution in [0, 0.1) is 5.92 Å². The fourth-order valence-electron chi connectivity index (χ4n) is 2.55. The Morgan fingerprint density at radius 1 is 1.16 bits per heavy atom. The summed E-state index contributed by atoms with van der Waals surface area (Å²) in [5, 5.41) is 7.51. The molecule has 0 spiro atoms. The highest BCUT2D eigenvalue weighted by molar-refractivity contribution is 5.99. The van der Waals surface area contributed by atoms with Crippen LogP contribution in [0.25, 0.3) is 10.8 Å². The van der Waals surface area contributed by atoms with E-state index in [0.717, 1.165) is 23.6 Å². The highest BCUT2D eigenvalue weighted by atomic mass is 16.5. The van der Waals surface area contributed by atoms with E-state index in [0.29, 0.717) is 23.3 Å². The summed E-state index contributed by atoms with van der Waals surface area (Å²) in [7, 11) is 1.80. The SMILES string of the molecule is CNc1ncc(Oc2ccccn2)c2cc(NC(=O)C3CC3)ncc12. The predicted molar refractivity (Wildman–Crippen MR) is 94.7 cm³/mol. The molecule has 7 nitrogen and oxygen atoms in total. The normalized spacial score (nSPS) is 13.5. The second kappa shape index (κ2) is 6.35. The number of carbonyl (C=O) groups excluding carboxylic acids is 1. The molecule has 0 radical (unpaired) electrons. The number of nitrogens with one attached hydrogen (secondary N) is 2. The highest BCUT2D eigenvalue weighted by Crippen LogP contribution is 2.34. The zero-order valence-corrected chi connectivity index (χ0v) is 13.7. The number of nitrogens with zero attached hydrogens (tertiary/aromatic N) is 3. The van der Waals surface area contributed by atoms with Gasteiger partial charge in [-0.15, -0.1) is 0 Å². The summed E-state index contributed by atoms with van der Waals surface area (Å²) in [5.41, 5.74) is 0. The Balaban J connectivity index is 1.74. The maximum absolute atomic E-state index is 12.0. The van der Waals surface area contributed by atoms with Crippen molar-refractivity contribution in [3.63, 3.8) is 0 Å². The number of hydrogen-bond donors (Lipinski definition) is 2. The number of aromatic nitrogens is 3. The van der Waals surface area contributed by atoms with Gasteiger partial charge in [0, 0.05) is 42.2 Å². The fourth-order valence-corrected chi connectivity index (χ4v) is 2.55. The van der Waals surface area contributed by atoms with Crippen molar-refractivity contribution in [2.45, 2.75) is 12.8 Å². The monoisotopic (exact) mass is 335 g/mol. The van der Waals surface area contributed by atoms with Gasteiger partial charge in [-0.2, -0.15) is 0 Å². The summed E-state index contributed by atoms with van der Waals surface area (Å²) in [6.45, 7) is 0. The van der Waals surface area contributed by atoms with Crippen molar-refractivity contribution in [3.05, 3.63) is 42.9 Å². The van der Waals surface area contributed by atoms with Gasteiger partial charge in [0.1, 0.15) is 11.6 Å². The molecule has 3 aromatic rings. The lowest BCUT2D eigenvalue weighted by atomic mass is 10.2. The average Bonchev–Trinajstić information content (AvgIpc) is 3.48. The largest absolute Gasteiger partial charge is 0.437 e. The van der Waals surface area contributed by atoms with Crippen molar-refractivity contribution in [2.24, 2.45) is 5.92 Å². The Bertz CT molecular complexity index is 925. The molecule has 0 saturated heterocycles. The summed E-state index contributed by atoms with van der Waals surface area (Å²) >= 11 is 0. The smallest absolute Gasteiger partial charge is 0.228 e. The number of ether oxygens (including phenoxy) is 1. The van der Waals surface area contributed by atoms with Gasteiger partial charge in [-0.25, -0.2) is 15.0 Å². The number of carbonyl (C=O) groups is 1. The van der Waals surface area contributed by atoms with Crippen molar-refractivity contribution < 1.29 is 9.53 Å². The van der Waals surface area contributed by atoms with E-state index in [4.69, 9.17) is 4.74 Å². The number of rotatable bonds is 5. The topological polar surface area (TPSA) is 89.0 Å². The first-order chi connectivity index (χ1) is 12.2. The first kappa shape index (κ1) is 15.3. The molecule has 0 unspecified atom stereocenters. The van der Waals surface area contributed by atoms with Crippen LogP contribution in [-0.4, -0.2) is 27.9 Å². The van der Waals surface area contributed by atoms with E-state index in [1.807, 2.05) is 12.1 Å². The third-order valence-corrected chi connectivity index (χ3v) is 4.02. The van der Waals surface area contributed by atoms with Gasteiger partial charge in [0.2, 0.25) is 11.8 Å².